The first kappa shape index (κ1) is 12.8. The average molecular weight is 244 g/mol. The first-order chi connectivity index (χ1) is 8.83. The van der Waals surface area contributed by atoms with Gasteiger partial charge in [0, 0.05) is 18.8 Å². The van der Waals surface area contributed by atoms with E-state index in [1.165, 1.54) is 32.1 Å². The molecule has 0 radical (unpaired) electrons. The van der Waals surface area contributed by atoms with Gasteiger partial charge >= 0.3 is 0 Å². The van der Waals surface area contributed by atoms with Crippen molar-refractivity contribution in [1.29, 1.82) is 5.26 Å². The lowest BCUT2D eigenvalue weighted by Crippen LogP contribution is -2.37. The standard InChI is InChI=1S/C14H20N4/c15-9-11-6-7-17-14(8-11)18-13(10-16)12-4-2-1-3-5-12/h6-8,12-13H,1-5,10,16H2,(H,17,18). The summed E-state index contributed by atoms with van der Waals surface area (Å²) in [6, 6.07) is 5.89. The van der Waals surface area contributed by atoms with Crippen molar-refractivity contribution in [3.8, 4) is 6.07 Å². The Hall–Kier alpha value is -1.60. The molecular weight excluding hydrogens is 224 g/mol. The molecule has 1 heterocycles. The van der Waals surface area contributed by atoms with Crippen molar-refractivity contribution < 1.29 is 0 Å². The third-order valence-corrected chi connectivity index (χ3v) is 3.70. The number of anilines is 1. The number of hydrogen-bond acceptors (Lipinski definition) is 4. The summed E-state index contributed by atoms with van der Waals surface area (Å²) in [6.45, 7) is 0.614. The van der Waals surface area contributed by atoms with Gasteiger partial charge in [-0.25, -0.2) is 4.98 Å². The van der Waals surface area contributed by atoms with E-state index in [1.54, 1.807) is 18.3 Å². The zero-order valence-corrected chi connectivity index (χ0v) is 10.6. The van der Waals surface area contributed by atoms with Crippen LogP contribution in [0.5, 0.6) is 0 Å². The first-order valence-corrected chi connectivity index (χ1v) is 6.66. The van der Waals surface area contributed by atoms with E-state index in [4.69, 9.17) is 11.0 Å². The smallest absolute Gasteiger partial charge is 0.127 e. The van der Waals surface area contributed by atoms with E-state index >= 15 is 0 Å². The third kappa shape index (κ3) is 3.21. The van der Waals surface area contributed by atoms with Crippen molar-refractivity contribution >= 4 is 5.82 Å². The predicted octanol–water partition coefficient (Wildman–Crippen LogP) is 2.27. The Bertz CT molecular complexity index is 418. The summed E-state index contributed by atoms with van der Waals surface area (Å²) >= 11 is 0. The van der Waals surface area contributed by atoms with Crippen LogP contribution in [0.2, 0.25) is 0 Å². The molecule has 0 spiro atoms. The van der Waals surface area contributed by atoms with Gasteiger partial charge < -0.3 is 11.1 Å². The van der Waals surface area contributed by atoms with Crippen LogP contribution in [-0.4, -0.2) is 17.6 Å². The van der Waals surface area contributed by atoms with Gasteiger partial charge in [-0.05, 0) is 30.9 Å². The molecule has 1 aliphatic carbocycles. The number of aromatic nitrogens is 1. The highest BCUT2D eigenvalue weighted by molar-refractivity contribution is 5.43. The van der Waals surface area contributed by atoms with Gasteiger partial charge in [-0.3, -0.25) is 0 Å². The minimum atomic E-state index is 0.270. The van der Waals surface area contributed by atoms with Gasteiger partial charge in [0.15, 0.2) is 0 Å². The molecule has 1 unspecified atom stereocenters. The number of rotatable bonds is 4. The molecule has 1 atom stereocenters. The topological polar surface area (TPSA) is 74.7 Å². The Morgan fingerprint density at radius 1 is 1.44 bits per heavy atom. The lowest BCUT2D eigenvalue weighted by molar-refractivity contribution is 0.320. The maximum absolute atomic E-state index is 8.87. The second kappa shape index (κ2) is 6.36. The second-order valence-corrected chi connectivity index (χ2v) is 4.93. The number of pyridine rings is 1. The fraction of sp³-hybridized carbons (Fsp3) is 0.571. The Kier molecular flexibility index (Phi) is 4.54. The quantitative estimate of drug-likeness (QED) is 0.852. The van der Waals surface area contributed by atoms with Crippen LogP contribution in [0.15, 0.2) is 18.3 Å². The average Bonchev–Trinajstić information content (AvgIpc) is 2.46. The molecule has 1 fully saturated rings. The van der Waals surface area contributed by atoms with Crippen LogP contribution in [0.1, 0.15) is 37.7 Å². The lowest BCUT2D eigenvalue weighted by atomic mass is 9.84. The van der Waals surface area contributed by atoms with Crippen molar-refractivity contribution in [2.24, 2.45) is 11.7 Å². The summed E-state index contributed by atoms with van der Waals surface area (Å²) < 4.78 is 0. The van der Waals surface area contributed by atoms with Crippen molar-refractivity contribution in [2.75, 3.05) is 11.9 Å². The second-order valence-electron chi connectivity index (χ2n) is 4.93. The van der Waals surface area contributed by atoms with Gasteiger partial charge in [-0.1, -0.05) is 19.3 Å². The highest BCUT2D eigenvalue weighted by atomic mass is 15.0. The largest absolute Gasteiger partial charge is 0.366 e. The SMILES string of the molecule is N#Cc1ccnc(NC(CN)C2CCCCC2)c1. The zero-order chi connectivity index (χ0) is 12.8. The lowest BCUT2D eigenvalue weighted by Gasteiger charge is -2.30. The normalized spacial score (nSPS) is 18.0. The molecule has 1 aromatic rings. The van der Waals surface area contributed by atoms with E-state index in [0.717, 1.165) is 5.82 Å². The van der Waals surface area contributed by atoms with E-state index in [1.807, 2.05) is 0 Å². The predicted molar refractivity (Wildman–Crippen MR) is 72.0 cm³/mol. The summed E-state index contributed by atoms with van der Waals surface area (Å²) in [6.07, 6.45) is 8.09. The molecule has 0 amide bonds. The molecule has 0 saturated heterocycles. The molecule has 1 aliphatic rings. The minimum absolute atomic E-state index is 0.270. The molecule has 4 heteroatoms. The number of hydrogen-bond donors (Lipinski definition) is 2. The van der Waals surface area contributed by atoms with Gasteiger partial charge in [0.1, 0.15) is 5.82 Å². The molecule has 96 valence electrons. The van der Waals surface area contributed by atoms with Gasteiger partial charge in [-0.2, -0.15) is 5.26 Å². The highest BCUT2D eigenvalue weighted by Gasteiger charge is 2.22. The number of nitriles is 1. The molecule has 0 aliphatic heterocycles. The van der Waals surface area contributed by atoms with Crippen molar-refractivity contribution in [2.45, 2.75) is 38.1 Å². The van der Waals surface area contributed by atoms with Crippen molar-refractivity contribution in [1.82, 2.24) is 4.98 Å². The summed E-state index contributed by atoms with van der Waals surface area (Å²) in [5.74, 6) is 1.39. The Balaban J connectivity index is 2.02. The maximum Gasteiger partial charge on any atom is 0.127 e. The highest BCUT2D eigenvalue weighted by Crippen LogP contribution is 2.27. The third-order valence-electron chi connectivity index (χ3n) is 3.70. The van der Waals surface area contributed by atoms with Crippen LogP contribution in [-0.2, 0) is 0 Å². The molecule has 1 aromatic heterocycles. The number of nitrogens with zero attached hydrogens (tertiary/aromatic N) is 2. The van der Waals surface area contributed by atoms with E-state index in [9.17, 15) is 0 Å². The fourth-order valence-electron chi connectivity index (χ4n) is 2.67. The Labute approximate surface area is 108 Å². The Morgan fingerprint density at radius 2 is 2.22 bits per heavy atom. The fourth-order valence-corrected chi connectivity index (χ4v) is 2.67. The number of nitrogens with two attached hydrogens (primary N) is 1. The molecule has 0 aromatic carbocycles. The molecule has 1 saturated carbocycles. The van der Waals surface area contributed by atoms with Crippen LogP contribution >= 0.6 is 0 Å². The summed E-state index contributed by atoms with van der Waals surface area (Å²) in [5, 5.41) is 12.3. The van der Waals surface area contributed by atoms with Crippen molar-refractivity contribution in [3.05, 3.63) is 23.9 Å². The van der Waals surface area contributed by atoms with Crippen LogP contribution in [0.25, 0.3) is 0 Å². The van der Waals surface area contributed by atoms with Crippen LogP contribution in [0, 0.1) is 17.2 Å². The van der Waals surface area contributed by atoms with E-state index in [-0.39, 0.29) is 6.04 Å². The van der Waals surface area contributed by atoms with E-state index in [0.29, 0.717) is 18.0 Å². The minimum Gasteiger partial charge on any atom is -0.366 e. The molecule has 0 bridgehead atoms. The van der Waals surface area contributed by atoms with E-state index < -0.39 is 0 Å². The van der Waals surface area contributed by atoms with Gasteiger partial charge in [0.25, 0.3) is 0 Å². The monoisotopic (exact) mass is 244 g/mol. The van der Waals surface area contributed by atoms with Crippen LogP contribution < -0.4 is 11.1 Å². The molecule has 18 heavy (non-hydrogen) atoms. The van der Waals surface area contributed by atoms with Crippen LogP contribution in [0.4, 0.5) is 5.82 Å². The first-order valence-electron chi connectivity index (χ1n) is 6.66. The molecular formula is C14H20N4. The maximum atomic E-state index is 8.87. The van der Waals surface area contributed by atoms with Gasteiger partial charge in [0.2, 0.25) is 0 Å². The molecule has 2 rings (SSSR count). The summed E-state index contributed by atoms with van der Waals surface area (Å²) in [5.41, 5.74) is 6.50. The molecule has 3 N–H and O–H groups in total. The summed E-state index contributed by atoms with van der Waals surface area (Å²) in [7, 11) is 0. The summed E-state index contributed by atoms with van der Waals surface area (Å²) in [4.78, 5) is 4.25. The Morgan fingerprint density at radius 3 is 2.89 bits per heavy atom. The molecule has 4 nitrogen and oxygen atoms in total. The number of nitrogens with one attached hydrogen (secondary N) is 1. The van der Waals surface area contributed by atoms with Gasteiger partial charge in [0.05, 0.1) is 11.6 Å². The van der Waals surface area contributed by atoms with E-state index in [2.05, 4.69) is 16.4 Å². The van der Waals surface area contributed by atoms with Gasteiger partial charge in [-0.15, -0.1) is 0 Å². The van der Waals surface area contributed by atoms with Crippen LogP contribution in [0.3, 0.4) is 0 Å². The van der Waals surface area contributed by atoms with Crippen molar-refractivity contribution in [3.63, 3.8) is 0 Å². The zero-order valence-electron chi connectivity index (χ0n) is 10.6.